The summed E-state index contributed by atoms with van der Waals surface area (Å²) in [4.78, 5) is 17.0. The van der Waals surface area contributed by atoms with E-state index in [-0.39, 0.29) is 0 Å². The Hall–Kier alpha value is -1.53. The Bertz CT molecular complexity index is 569. The van der Waals surface area contributed by atoms with Gasteiger partial charge in [0, 0.05) is 30.7 Å². The van der Waals surface area contributed by atoms with Crippen LogP contribution in [0.15, 0.2) is 17.8 Å². The number of nitrogens with zero attached hydrogens (tertiary/aromatic N) is 4. The summed E-state index contributed by atoms with van der Waals surface area (Å²) in [5, 5.41) is 3.11. The lowest BCUT2D eigenvalue weighted by Gasteiger charge is -2.23. The van der Waals surface area contributed by atoms with Crippen LogP contribution in [-0.2, 0) is 6.54 Å². The summed E-state index contributed by atoms with van der Waals surface area (Å²) >= 11 is 1.72. The maximum atomic E-state index is 4.64. The Kier molecular flexibility index (Phi) is 3.93. The number of hydrogen-bond acceptors (Lipinski definition) is 6. The summed E-state index contributed by atoms with van der Waals surface area (Å²) in [7, 11) is 1.90. The SMILES string of the molecule is CNc1cc([C@@H]2CCCN2Cc2cncs2)nc(C)n1. The van der Waals surface area contributed by atoms with E-state index in [0.717, 1.165) is 30.4 Å². The summed E-state index contributed by atoms with van der Waals surface area (Å²) in [5.41, 5.74) is 3.03. The molecule has 1 atom stereocenters. The number of hydrogen-bond donors (Lipinski definition) is 1. The van der Waals surface area contributed by atoms with Crippen LogP contribution in [0.3, 0.4) is 0 Å². The fourth-order valence-electron chi connectivity index (χ4n) is 2.76. The van der Waals surface area contributed by atoms with E-state index < -0.39 is 0 Å². The lowest BCUT2D eigenvalue weighted by atomic mass is 10.1. The van der Waals surface area contributed by atoms with Crippen LogP contribution in [0.4, 0.5) is 5.82 Å². The predicted octanol–water partition coefficient (Wildman–Crippen LogP) is 2.62. The number of anilines is 1. The molecule has 0 aliphatic carbocycles. The van der Waals surface area contributed by atoms with Gasteiger partial charge in [-0.3, -0.25) is 9.88 Å². The van der Waals surface area contributed by atoms with Gasteiger partial charge < -0.3 is 5.32 Å². The second kappa shape index (κ2) is 5.85. The Morgan fingerprint density at radius 1 is 1.45 bits per heavy atom. The molecular weight excluding hydrogens is 270 g/mol. The topological polar surface area (TPSA) is 53.9 Å². The van der Waals surface area contributed by atoms with Gasteiger partial charge in [-0.05, 0) is 26.3 Å². The number of thiazole rings is 1. The standard InChI is InChI=1S/C14H19N5S/c1-10-17-12(6-14(15-2)18-10)13-4-3-5-19(13)8-11-7-16-9-20-11/h6-7,9,13H,3-5,8H2,1-2H3,(H,15,17,18)/t13-/m0/s1. The molecule has 1 aliphatic rings. The molecule has 0 unspecified atom stereocenters. The van der Waals surface area contributed by atoms with E-state index in [9.17, 15) is 0 Å². The Labute approximate surface area is 123 Å². The van der Waals surface area contributed by atoms with Crippen molar-refractivity contribution in [2.45, 2.75) is 32.4 Å². The van der Waals surface area contributed by atoms with Crippen molar-refractivity contribution in [1.82, 2.24) is 19.9 Å². The molecule has 5 nitrogen and oxygen atoms in total. The Balaban J connectivity index is 1.82. The van der Waals surface area contributed by atoms with Crippen molar-refractivity contribution < 1.29 is 0 Å². The molecule has 0 saturated carbocycles. The smallest absolute Gasteiger partial charge is 0.129 e. The summed E-state index contributed by atoms with van der Waals surface area (Å²) in [5.74, 6) is 1.73. The van der Waals surface area contributed by atoms with Gasteiger partial charge in [0.05, 0.1) is 17.2 Å². The monoisotopic (exact) mass is 289 g/mol. The van der Waals surface area contributed by atoms with Gasteiger partial charge >= 0.3 is 0 Å². The minimum Gasteiger partial charge on any atom is -0.373 e. The van der Waals surface area contributed by atoms with E-state index in [1.54, 1.807) is 11.3 Å². The van der Waals surface area contributed by atoms with Crippen molar-refractivity contribution in [2.75, 3.05) is 18.9 Å². The average Bonchev–Trinajstić information content (AvgIpc) is 3.10. The van der Waals surface area contributed by atoms with E-state index in [1.165, 1.54) is 17.7 Å². The number of rotatable bonds is 4. The quantitative estimate of drug-likeness (QED) is 0.937. The molecule has 3 heterocycles. The Morgan fingerprint density at radius 3 is 3.10 bits per heavy atom. The average molecular weight is 289 g/mol. The van der Waals surface area contributed by atoms with Gasteiger partial charge in [-0.2, -0.15) is 0 Å². The van der Waals surface area contributed by atoms with Gasteiger partial charge in [-0.1, -0.05) is 0 Å². The molecule has 0 spiro atoms. The first kappa shape index (κ1) is 13.5. The van der Waals surface area contributed by atoms with Crippen LogP contribution >= 0.6 is 11.3 Å². The molecule has 6 heteroatoms. The number of aryl methyl sites for hydroxylation is 1. The van der Waals surface area contributed by atoms with Gasteiger partial charge in [-0.15, -0.1) is 11.3 Å². The zero-order chi connectivity index (χ0) is 13.9. The van der Waals surface area contributed by atoms with Crippen LogP contribution in [0.25, 0.3) is 0 Å². The van der Waals surface area contributed by atoms with E-state index in [1.807, 2.05) is 25.7 Å². The van der Waals surface area contributed by atoms with Crippen LogP contribution in [0.1, 0.15) is 35.3 Å². The molecule has 0 bridgehead atoms. The fourth-order valence-corrected chi connectivity index (χ4v) is 3.38. The molecule has 20 heavy (non-hydrogen) atoms. The molecule has 0 amide bonds. The number of nitrogens with one attached hydrogen (secondary N) is 1. The molecule has 2 aromatic rings. The Morgan fingerprint density at radius 2 is 2.35 bits per heavy atom. The lowest BCUT2D eigenvalue weighted by Crippen LogP contribution is -2.23. The maximum absolute atomic E-state index is 4.64. The van der Waals surface area contributed by atoms with Crippen molar-refractivity contribution in [3.05, 3.63) is 34.2 Å². The zero-order valence-corrected chi connectivity index (χ0v) is 12.7. The van der Waals surface area contributed by atoms with Gasteiger partial charge in [0.2, 0.25) is 0 Å². The molecule has 1 aliphatic heterocycles. The maximum Gasteiger partial charge on any atom is 0.129 e. The highest BCUT2D eigenvalue weighted by Crippen LogP contribution is 2.33. The molecule has 106 valence electrons. The van der Waals surface area contributed by atoms with Crippen LogP contribution in [0.2, 0.25) is 0 Å². The van der Waals surface area contributed by atoms with Crippen LogP contribution < -0.4 is 5.32 Å². The second-order valence-corrected chi connectivity index (χ2v) is 6.04. The highest BCUT2D eigenvalue weighted by atomic mass is 32.1. The van der Waals surface area contributed by atoms with Crippen molar-refractivity contribution in [3.8, 4) is 0 Å². The normalized spacial score (nSPS) is 19.4. The first-order valence-electron chi connectivity index (χ1n) is 6.91. The van der Waals surface area contributed by atoms with Crippen molar-refractivity contribution in [3.63, 3.8) is 0 Å². The van der Waals surface area contributed by atoms with Gasteiger partial charge in [0.25, 0.3) is 0 Å². The largest absolute Gasteiger partial charge is 0.373 e. The first-order valence-corrected chi connectivity index (χ1v) is 7.79. The van der Waals surface area contributed by atoms with Crippen LogP contribution in [-0.4, -0.2) is 33.4 Å². The molecule has 0 aromatic carbocycles. The molecule has 1 saturated heterocycles. The second-order valence-electron chi connectivity index (χ2n) is 5.07. The van der Waals surface area contributed by atoms with Gasteiger partial charge in [-0.25, -0.2) is 9.97 Å². The molecule has 3 rings (SSSR count). The van der Waals surface area contributed by atoms with Gasteiger partial charge in [0.1, 0.15) is 11.6 Å². The van der Waals surface area contributed by atoms with Crippen molar-refractivity contribution in [2.24, 2.45) is 0 Å². The van der Waals surface area contributed by atoms with E-state index in [4.69, 9.17) is 0 Å². The van der Waals surface area contributed by atoms with E-state index >= 15 is 0 Å². The highest BCUT2D eigenvalue weighted by Gasteiger charge is 2.28. The van der Waals surface area contributed by atoms with Crippen LogP contribution in [0, 0.1) is 6.92 Å². The third-order valence-electron chi connectivity index (χ3n) is 3.66. The third-order valence-corrected chi connectivity index (χ3v) is 4.43. The molecule has 2 aromatic heterocycles. The van der Waals surface area contributed by atoms with Crippen molar-refractivity contribution >= 4 is 17.2 Å². The molecular formula is C14H19N5S. The van der Waals surface area contributed by atoms with Crippen LogP contribution in [0.5, 0.6) is 0 Å². The summed E-state index contributed by atoms with van der Waals surface area (Å²) < 4.78 is 0. The van der Waals surface area contributed by atoms with Gasteiger partial charge in [0.15, 0.2) is 0 Å². The lowest BCUT2D eigenvalue weighted by molar-refractivity contribution is 0.246. The number of likely N-dealkylation sites (tertiary alicyclic amines) is 1. The fraction of sp³-hybridized carbons (Fsp3) is 0.500. The highest BCUT2D eigenvalue weighted by molar-refractivity contribution is 7.09. The zero-order valence-electron chi connectivity index (χ0n) is 11.8. The van der Waals surface area contributed by atoms with E-state index in [0.29, 0.717) is 6.04 Å². The third kappa shape index (κ3) is 2.81. The summed E-state index contributed by atoms with van der Waals surface area (Å²) in [6, 6.07) is 2.47. The minimum atomic E-state index is 0.394. The molecule has 1 N–H and O–H groups in total. The molecule has 0 radical (unpaired) electrons. The predicted molar refractivity (Wildman–Crippen MR) is 80.8 cm³/mol. The number of aromatic nitrogens is 3. The van der Waals surface area contributed by atoms with Crippen molar-refractivity contribution in [1.29, 1.82) is 0 Å². The summed E-state index contributed by atoms with van der Waals surface area (Å²) in [6.07, 6.45) is 4.35. The minimum absolute atomic E-state index is 0.394. The van der Waals surface area contributed by atoms with E-state index in [2.05, 4.69) is 31.2 Å². The first-order chi connectivity index (χ1) is 9.76. The summed E-state index contributed by atoms with van der Waals surface area (Å²) in [6.45, 7) is 4.04. The molecule has 1 fully saturated rings.